The van der Waals surface area contributed by atoms with Gasteiger partial charge in [0, 0.05) is 6.16 Å². The normalized spacial score (nSPS) is 12.8. The number of carbonyl (C=O) groups is 2. The number of ether oxygens (including phenoxy) is 2. The van der Waals surface area contributed by atoms with Crippen molar-refractivity contribution in [1.29, 1.82) is 0 Å². The predicted molar refractivity (Wildman–Crippen MR) is 74.9 cm³/mol. The molecule has 0 saturated carbocycles. The molecule has 0 heterocycles. The molecule has 1 atom stereocenters. The monoisotopic (exact) mass is 292 g/mol. The van der Waals surface area contributed by atoms with Gasteiger partial charge in [0.25, 0.3) is 0 Å². The number of rotatable bonds is 9. The summed E-state index contributed by atoms with van der Waals surface area (Å²) in [7, 11) is -2.40. The van der Waals surface area contributed by atoms with E-state index in [2.05, 4.69) is 0 Å². The Labute approximate surface area is 115 Å². The summed E-state index contributed by atoms with van der Waals surface area (Å²) in [6.45, 7) is 7.63. The van der Waals surface area contributed by atoms with Gasteiger partial charge in [-0.15, -0.1) is 0 Å². The van der Waals surface area contributed by atoms with Crippen molar-refractivity contribution in [3.8, 4) is 0 Å². The van der Waals surface area contributed by atoms with Gasteiger partial charge >= 0.3 is 11.9 Å². The third-order valence-corrected chi connectivity index (χ3v) is 6.46. The minimum absolute atomic E-state index is 0.0589. The molecule has 0 saturated heterocycles. The molecule has 0 radical (unpaired) electrons. The van der Waals surface area contributed by atoms with Crippen LogP contribution in [0, 0.1) is 5.92 Å². The molecule has 0 amide bonds. The first-order valence-corrected chi connectivity index (χ1v) is 9.07. The Bertz CT molecular complexity index is 332. The average molecular weight is 292 g/mol. The van der Waals surface area contributed by atoms with E-state index >= 15 is 0 Å². The van der Waals surface area contributed by atoms with Crippen LogP contribution in [0.4, 0.5) is 0 Å². The summed E-state index contributed by atoms with van der Waals surface area (Å²) < 4.78 is 22.2. The van der Waals surface area contributed by atoms with Crippen LogP contribution in [0.15, 0.2) is 0 Å². The molecule has 6 heteroatoms. The van der Waals surface area contributed by atoms with Gasteiger partial charge < -0.3 is 14.0 Å². The van der Waals surface area contributed by atoms with Crippen LogP contribution in [0.25, 0.3) is 0 Å². The van der Waals surface area contributed by atoms with E-state index in [1.807, 2.05) is 13.8 Å². The summed E-state index contributed by atoms with van der Waals surface area (Å²) in [6.07, 6.45) is 1.22. The van der Waals surface area contributed by atoms with E-state index in [-0.39, 0.29) is 25.8 Å². The first kappa shape index (κ1) is 18.2. The van der Waals surface area contributed by atoms with Gasteiger partial charge in [-0.25, -0.2) is 0 Å². The maximum Gasteiger partial charge on any atom is 0.309 e. The van der Waals surface area contributed by atoms with Crippen molar-refractivity contribution >= 4 is 19.1 Å². The van der Waals surface area contributed by atoms with E-state index in [1.165, 1.54) is 0 Å². The highest BCUT2D eigenvalue weighted by Crippen LogP contribution is 2.47. The number of esters is 2. The van der Waals surface area contributed by atoms with Gasteiger partial charge in [-0.05, 0) is 26.2 Å². The van der Waals surface area contributed by atoms with Crippen molar-refractivity contribution in [3.05, 3.63) is 0 Å². The van der Waals surface area contributed by atoms with Crippen LogP contribution in [-0.4, -0.2) is 43.6 Å². The summed E-state index contributed by atoms with van der Waals surface area (Å²) in [6, 6.07) is 0. The lowest BCUT2D eigenvalue weighted by Gasteiger charge is -2.20. The van der Waals surface area contributed by atoms with E-state index in [1.54, 1.807) is 13.8 Å². The van der Waals surface area contributed by atoms with Gasteiger partial charge in [0.2, 0.25) is 0 Å². The molecule has 0 spiro atoms. The van der Waals surface area contributed by atoms with Crippen LogP contribution in [0.5, 0.6) is 0 Å². The Balaban J connectivity index is 4.81. The molecule has 0 rings (SSSR count). The van der Waals surface area contributed by atoms with E-state index in [0.717, 1.165) is 0 Å². The number of carbonyl (C=O) groups excluding carboxylic acids is 2. The molecule has 19 heavy (non-hydrogen) atoms. The van der Waals surface area contributed by atoms with Crippen LogP contribution in [-0.2, 0) is 23.6 Å². The zero-order valence-corrected chi connectivity index (χ0v) is 13.2. The second-order valence-corrected chi connectivity index (χ2v) is 8.08. The summed E-state index contributed by atoms with van der Waals surface area (Å²) in [5.41, 5.74) is 0. The highest BCUT2D eigenvalue weighted by molar-refractivity contribution is 7.63. The zero-order chi connectivity index (χ0) is 14.9. The molecule has 112 valence electrons. The van der Waals surface area contributed by atoms with Crippen molar-refractivity contribution in [3.63, 3.8) is 0 Å². The van der Waals surface area contributed by atoms with Crippen LogP contribution >= 0.6 is 7.14 Å². The van der Waals surface area contributed by atoms with Gasteiger partial charge in [0.15, 0.2) is 0 Å². The maximum absolute atomic E-state index is 12.4. The van der Waals surface area contributed by atoms with Crippen molar-refractivity contribution in [2.75, 3.05) is 31.7 Å². The highest BCUT2D eigenvalue weighted by Gasteiger charge is 2.31. The van der Waals surface area contributed by atoms with Gasteiger partial charge in [-0.3, -0.25) is 9.59 Å². The smallest absolute Gasteiger partial charge is 0.309 e. The minimum atomic E-state index is -2.40. The molecule has 0 aliphatic carbocycles. The molecule has 0 N–H and O–H groups in total. The van der Waals surface area contributed by atoms with Gasteiger partial charge in [0.1, 0.15) is 0 Å². The van der Waals surface area contributed by atoms with Crippen molar-refractivity contribution in [2.45, 2.75) is 34.1 Å². The van der Waals surface area contributed by atoms with E-state index in [4.69, 9.17) is 9.47 Å². The first-order valence-electron chi connectivity index (χ1n) is 6.81. The second-order valence-electron chi connectivity index (χ2n) is 4.33. The fourth-order valence-electron chi connectivity index (χ4n) is 1.79. The van der Waals surface area contributed by atoms with Gasteiger partial charge in [0.05, 0.1) is 32.7 Å². The summed E-state index contributed by atoms with van der Waals surface area (Å²) >= 11 is 0. The summed E-state index contributed by atoms with van der Waals surface area (Å²) in [5, 5.41) is 0. The van der Waals surface area contributed by atoms with Crippen molar-refractivity contribution in [1.82, 2.24) is 0 Å². The van der Waals surface area contributed by atoms with E-state index < -0.39 is 25.0 Å². The third kappa shape index (κ3) is 6.76. The lowest BCUT2D eigenvalue weighted by molar-refractivity contribution is -0.153. The van der Waals surface area contributed by atoms with E-state index in [0.29, 0.717) is 12.3 Å². The second kappa shape index (κ2) is 9.13. The predicted octanol–water partition coefficient (Wildman–Crippen LogP) is 2.52. The third-order valence-electron chi connectivity index (χ3n) is 3.04. The topological polar surface area (TPSA) is 69.7 Å². The molecule has 0 aromatic carbocycles. The van der Waals surface area contributed by atoms with Crippen LogP contribution in [0.1, 0.15) is 34.1 Å². The van der Waals surface area contributed by atoms with Gasteiger partial charge in [-0.1, -0.05) is 13.8 Å². The lowest BCUT2D eigenvalue weighted by Crippen LogP contribution is -2.26. The molecule has 0 bridgehead atoms. The van der Waals surface area contributed by atoms with Gasteiger partial charge in [-0.2, -0.15) is 0 Å². The minimum Gasteiger partial charge on any atom is -0.466 e. The molecule has 0 aromatic rings. The molecule has 5 nitrogen and oxygen atoms in total. The summed E-state index contributed by atoms with van der Waals surface area (Å²) in [5.74, 6) is -1.57. The average Bonchev–Trinajstić information content (AvgIpc) is 2.38. The Morgan fingerprint density at radius 1 is 1.00 bits per heavy atom. The Morgan fingerprint density at radius 2 is 1.53 bits per heavy atom. The lowest BCUT2D eigenvalue weighted by atomic mass is 10.1. The fraction of sp³-hybridized carbons (Fsp3) is 0.846. The molecule has 0 fully saturated rings. The molecular formula is C13H25O5P. The number of hydrogen-bond acceptors (Lipinski definition) is 5. The standard InChI is InChI=1S/C13H25O5P/c1-5-17-12(14)9-11(13(15)18-6-2)10-19(16,7-3)8-4/h11H,5-10H2,1-4H3. The molecule has 0 aromatic heterocycles. The Hall–Kier alpha value is -0.830. The number of hydrogen-bond donors (Lipinski definition) is 0. The zero-order valence-electron chi connectivity index (χ0n) is 12.3. The van der Waals surface area contributed by atoms with Crippen molar-refractivity contribution < 1.29 is 23.6 Å². The maximum atomic E-state index is 12.4. The molecule has 0 aliphatic rings. The Kier molecular flexibility index (Phi) is 8.73. The largest absolute Gasteiger partial charge is 0.466 e. The van der Waals surface area contributed by atoms with E-state index in [9.17, 15) is 14.2 Å². The Morgan fingerprint density at radius 3 is 1.95 bits per heavy atom. The van der Waals surface area contributed by atoms with Crippen LogP contribution in [0.2, 0.25) is 0 Å². The SMILES string of the molecule is CCOC(=O)CC(CP(=O)(CC)CC)C(=O)OCC. The highest BCUT2D eigenvalue weighted by atomic mass is 31.2. The molecule has 1 unspecified atom stereocenters. The quantitative estimate of drug-likeness (QED) is 0.482. The van der Waals surface area contributed by atoms with Crippen LogP contribution in [0.3, 0.4) is 0 Å². The molecular weight excluding hydrogens is 267 g/mol. The fourth-order valence-corrected chi connectivity index (χ4v) is 3.83. The first-order chi connectivity index (χ1) is 8.92. The van der Waals surface area contributed by atoms with Crippen LogP contribution < -0.4 is 0 Å². The summed E-state index contributed by atoms with van der Waals surface area (Å²) in [4.78, 5) is 23.3. The van der Waals surface area contributed by atoms with Crippen molar-refractivity contribution in [2.24, 2.45) is 5.92 Å². The molecule has 0 aliphatic heterocycles.